The molecule has 0 radical (unpaired) electrons. The van der Waals surface area contributed by atoms with Crippen LogP contribution in [-0.4, -0.2) is 0 Å². The third-order valence-electron chi connectivity index (χ3n) is 10.1. The van der Waals surface area contributed by atoms with Crippen LogP contribution in [0.4, 0.5) is 0 Å². The summed E-state index contributed by atoms with van der Waals surface area (Å²) in [5, 5.41) is 9.72. The highest BCUT2D eigenvalue weighted by Crippen LogP contribution is 2.49. The summed E-state index contributed by atoms with van der Waals surface area (Å²) in [6.45, 7) is 0. The third kappa shape index (κ3) is 4.26. The highest BCUT2D eigenvalue weighted by atomic mass is 16.3. The Morgan fingerprint density at radius 3 is 1.49 bits per heavy atom. The molecule has 0 amide bonds. The van der Waals surface area contributed by atoms with E-state index in [1.165, 1.54) is 65.7 Å². The fourth-order valence-electron chi connectivity index (χ4n) is 7.99. The van der Waals surface area contributed by atoms with Gasteiger partial charge in [-0.05, 0) is 83.4 Å². The molecule has 1 heteroatoms. The van der Waals surface area contributed by atoms with E-state index in [4.69, 9.17) is 4.42 Å². The van der Waals surface area contributed by atoms with Gasteiger partial charge in [-0.3, -0.25) is 0 Å². The van der Waals surface area contributed by atoms with Crippen LogP contribution in [0.5, 0.6) is 0 Å². The Kier molecular flexibility index (Phi) is 6.25. The lowest BCUT2D eigenvalue weighted by atomic mass is 9.83. The molecular formula is C48H30O. The molecule has 0 N–H and O–H groups in total. The molecule has 0 spiro atoms. The summed E-state index contributed by atoms with van der Waals surface area (Å²) in [6, 6.07) is 65.6. The van der Waals surface area contributed by atoms with Crippen molar-refractivity contribution in [1.29, 1.82) is 0 Å². The van der Waals surface area contributed by atoms with E-state index in [1.54, 1.807) is 0 Å². The Bertz CT molecular complexity index is 2810. The van der Waals surface area contributed by atoms with Crippen molar-refractivity contribution in [3.8, 4) is 44.5 Å². The predicted molar refractivity (Wildman–Crippen MR) is 208 cm³/mol. The second-order valence-electron chi connectivity index (χ2n) is 12.7. The molecule has 0 bridgehead atoms. The highest BCUT2D eigenvalue weighted by molar-refractivity contribution is 6.27. The molecule has 0 aliphatic heterocycles. The first kappa shape index (κ1) is 27.7. The van der Waals surface area contributed by atoms with Gasteiger partial charge < -0.3 is 4.42 Å². The van der Waals surface area contributed by atoms with Crippen LogP contribution >= 0.6 is 0 Å². The van der Waals surface area contributed by atoms with Crippen molar-refractivity contribution in [3.63, 3.8) is 0 Å². The van der Waals surface area contributed by atoms with Gasteiger partial charge in [0, 0.05) is 16.3 Å². The molecule has 0 saturated carbocycles. The van der Waals surface area contributed by atoms with Crippen LogP contribution in [0.1, 0.15) is 0 Å². The van der Waals surface area contributed by atoms with E-state index in [-0.39, 0.29) is 0 Å². The third-order valence-corrected chi connectivity index (χ3v) is 10.1. The SMILES string of the molecule is c1ccc(-c2ccccc2-c2ccc(-c3c4ccccc4c(-c4cccc5ccccc45)c4ccccc34)c3c2oc2ccccc23)cc1. The van der Waals surface area contributed by atoms with Crippen LogP contribution < -0.4 is 0 Å². The molecule has 0 aliphatic carbocycles. The van der Waals surface area contributed by atoms with Crippen molar-refractivity contribution in [3.05, 3.63) is 182 Å². The van der Waals surface area contributed by atoms with E-state index in [0.717, 1.165) is 33.1 Å². The quantitative estimate of drug-likeness (QED) is 0.178. The Labute approximate surface area is 284 Å². The van der Waals surface area contributed by atoms with E-state index in [9.17, 15) is 0 Å². The van der Waals surface area contributed by atoms with Crippen molar-refractivity contribution in [2.45, 2.75) is 0 Å². The average molecular weight is 623 g/mol. The molecule has 0 aliphatic rings. The molecule has 10 aromatic rings. The van der Waals surface area contributed by atoms with Crippen LogP contribution in [0.2, 0.25) is 0 Å². The minimum absolute atomic E-state index is 0.893. The summed E-state index contributed by atoms with van der Waals surface area (Å²) >= 11 is 0. The van der Waals surface area contributed by atoms with E-state index in [1.807, 2.05) is 0 Å². The van der Waals surface area contributed by atoms with Crippen LogP contribution in [0.15, 0.2) is 186 Å². The molecule has 1 aromatic heterocycles. The zero-order chi connectivity index (χ0) is 32.3. The number of benzene rings is 9. The average Bonchev–Trinajstić information content (AvgIpc) is 3.57. The first-order chi connectivity index (χ1) is 24.3. The minimum Gasteiger partial charge on any atom is -0.455 e. The van der Waals surface area contributed by atoms with E-state index >= 15 is 0 Å². The summed E-state index contributed by atoms with van der Waals surface area (Å²) in [4.78, 5) is 0. The number of hydrogen-bond acceptors (Lipinski definition) is 1. The van der Waals surface area contributed by atoms with Crippen LogP contribution in [0, 0.1) is 0 Å². The summed E-state index contributed by atoms with van der Waals surface area (Å²) in [6.07, 6.45) is 0. The van der Waals surface area contributed by atoms with E-state index in [2.05, 4.69) is 182 Å². The zero-order valence-electron chi connectivity index (χ0n) is 26.7. The summed E-state index contributed by atoms with van der Waals surface area (Å²) in [7, 11) is 0. The number of furan rings is 1. The van der Waals surface area contributed by atoms with Crippen molar-refractivity contribution in [2.75, 3.05) is 0 Å². The maximum absolute atomic E-state index is 6.86. The fourth-order valence-corrected chi connectivity index (χ4v) is 7.99. The lowest BCUT2D eigenvalue weighted by Crippen LogP contribution is -1.93. The first-order valence-corrected chi connectivity index (χ1v) is 16.9. The molecule has 1 heterocycles. The molecule has 9 aromatic carbocycles. The van der Waals surface area contributed by atoms with Crippen LogP contribution in [-0.2, 0) is 0 Å². The van der Waals surface area contributed by atoms with Gasteiger partial charge in [0.1, 0.15) is 11.2 Å². The normalized spacial score (nSPS) is 11.7. The summed E-state index contributed by atoms with van der Waals surface area (Å²) < 4.78 is 6.86. The van der Waals surface area contributed by atoms with Gasteiger partial charge in [0.05, 0.1) is 0 Å². The van der Waals surface area contributed by atoms with Crippen molar-refractivity contribution in [2.24, 2.45) is 0 Å². The second kappa shape index (κ2) is 11.1. The number of para-hydroxylation sites is 1. The number of hydrogen-bond donors (Lipinski definition) is 0. The van der Waals surface area contributed by atoms with E-state index < -0.39 is 0 Å². The predicted octanol–water partition coefficient (Wildman–Crippen LogP) is 13.7. The standard InChI is InChI=1S/C48H30O/c1-2-15-31(16-3-1)33-19-6-7-21-35(33)41-29-30-43(47-42-26-12-13-28-44(42)49-48(41)47)46-39-24-10-8-22-37(39)45(38-23-9-11-25-40(38)46)36-27-14-18-32-17-4-5-20-34(32)36/h1-30H. The second-order valence-corrected chi connectivity index (χ2v) is 12.7. The molecular weight excluding hydrogens is 593 g/mol. The fraction of sp³-hybridized carbons (Fsp3) is 0. The molecule has 0 saturated heterocycles. The molecule has 1 nitrogen and oxygen atoms in total. The molecule has 10 rings (SSSR count). The van der Waals surface area contributed by atoms with Crippen LogP contribution in [0.25, 0.3) is 98.8 Å². The van der Waals surface area contributed by atoms with Gasteiger partial charge in [-0.1, -0.05) is 170 Å². The van der Waals surface area contributed by atoms with Gasteiger partial charge in [0.25, 0.3) is 0 Å². The van der Waals surface area contributed by atoms with Gasteiger partial charge in [0.15, 0.2) is 0 Å². The molecule has 0 unspecified atom stereocenters. The Morgan fingerprint density at radius 1 is 0.286 bits per heavy atom. The van der Waals surface area contributed by atoms with Gasteiger partial charge in [-0.25, -0.2) is 0 Å². The molecule has 228 valence electrons. The Hall–Kier alpha value is -6.44. The van der Waals surface area contributed by atoms with Crippen molar-refractivity contribution >= 4 is 54.3 Å². The minimum atomic E-state index is 0.893. The van der Waals surface area contributed by atoms with Gasteiger partial charge in [-0.15, -0.1) is 0 Å². The number of fused-ring (bicyclic) bond motifs is 6. The summed E-state index contributed by atoms with van der Waals surface area (Å²) in [5.74, 6) is 0. The van der Waals surface area contributed by atoms with Crippen molar-refractivity contribution < 1.29 is 4.42 Å². The first-order valence-electron chi connectivity index (χ1n) is 16.9. The monoisotopic (exact) mass is 622 g/mol. The summed E-state index contributed by atoms with van der Waals surface area (Å²) in [5.41, 5.74) is 11.4. The van der Waals surface area contributed by atoms with Crippen molar-refractivity contribution in [1.82, 2.24) is 0 Å². The molecule has 0 fully saturated rings. The Morgan fingerprint density at radius 2 is 0.776 bits per heavy atom. The molecule has 49 heavy (non-hydrogen) atoms. The topological polar surface area (TPSA) is 13.1 Å². The molecule has 0 atom stereocenters. The zero-order valence-corrected chi connectivity index (χ0v) is 26.7. The Balaban J connectivity index is 1.33. The number of rotatable bonds is 4. The van der Waals surface area contributed by atoms with E-state index in [0.29, 0.717) is 0 Å². The van der Waals surface area contributed by atoms with Gasteiger partial charge >= 0.3 is 0 Å². The van der Waals surface area contributed by atoms with Gasteiger partial charge in [-0.2, -0.15) is 0 Å². The van der Waals surface area contributed by atoms with Gasteiger partial charge in [0.2, 0.25) is 0 Å². The largest absolute Gasteiger partial charge is 0.455 e. The lowest BCUT2D eigenvalue weighted by molar-refractivity contribution is 0.670. The lowest BCUT2D eigenvalue weighted by Gasteiger charge is -2.20. The maximum atomic E-state index is 6.86. The van der Waals surface area contributed by atoms with Crippen LogP contribution in [0.3, 0.4) is 0 Å². The smallest absolute Gasteiger partial charge is 0.143 e. The highest BCUT2D eigenvalue weighted by Gasteiger charge is 2.23. The maximum Gasteiger partial charge on any atom is 0.143 e.